The maximum atomic E-state index is 13.8. The number of rotatable bonds is 6. The minimum absolute atomic E-state index is 0.0163. The molecule has 0 saturated heterocycles. The quantitative estimate of drug-likeness (QED) is 0.524. The summed E-state index contributed by atoms with van der Waals surface area (Å²) < 4.78 is 48.0. The third-order valence-electron chi connectivity index (χ3n) is 5.18. The number of carbonyl (C=O) groups excluding carboxylic acids is 1. The number of nitrogens with two attached hydrogens (primary N) is 2. The lowest BCUT2D eigenvalue weighted by molar-refractivity contribution is -0.152. The van der Waals surface area contributed by atoms with Gasteiger partial charge in [0.1, 0.15) is 11.4 Å². The second-order valence-corrected chi connectivity index (χ2v) is 9.07. The molecule has 3 aromatic rings. The molecule has 0 aromatic carbocycles. The van der Waals surface area contributed by atoms with Crippen LogP contribution < -0.4 is 11.5 Å². The average Bonchev–Trinajstić information content (AvgIpc) is 3.24. The van der Waals surface area contributed by atoms with Crippen LogP contribution in [0, 0.1) is 0 Å². The molecule has 1 atom stereocenters. The molecule has 3 heterocycles. The molecular formula is C23H28F3N7O2. The third-order valence-corrected chi connectivity index (χ3v) is 5.18. The van der Waals surface area contributed by atoms with Crippen LogP contribution in [-0.4, -0.2) is 56.1 Å². The fourth-order valence-electron chi connectivity index (χ4n) is 3.34. The Labute approximate surface area is 200 Å². The maximum Gasteiger partial charge on any atom is 0.410 e. The van der Waals surface area contributed by atoms with Gasteiger partial charge in [0.15, 0.2) is 5.82 Å². The molecule has 0 fully saturated rings. The number of nitrogen functional groups attached to an aromatic ring is 2. The highest BCUT2D eigenvalue weighted by Gasteiger charge is 2.41. The van der Waals surface area contributed by atoms with Crippen molar-refractivity contribution in [2.24, 2.45) is 0 Å². The summed E-state index contributed by atoms with van der Waals surface area (Å²) in [4.78, 5) is 21.3. The van der Waals surface area contributed by atoms with Gasteiger partial charge in [-0.2, -0.15) is 18.3 Å². The van der Waals surface area contributed by atoms with E-state index in [9.17, 15) is 18.0 Å². The molecule has 0 aliphatic carbocycles. The Morgan fingerprint density at radius 1 is 1.14 bits per heavy atom. The second-order valence-electron chi connectivity index (χ2n) is 9.07. The van der Waals surface area contributed by atoms with Crippen molar-refractivity contribution in [1.29, 1.82) is 0 Å². The predicted molar refractivity (Wildman–Crippen MR) is 126 cm³/mol. The molecular weight excluding hydrogens is 463 g/mol. The Balaban J connectivity index is 1.76. The Bertz CT molecular complexity index is 1170. The molecule has 3 aromatic heterocycles. The van der Waals surface area contributed by atoms with Crippen molar-refractivity contribution in [3.05, 3.63) is 48.5 Å². The molecule has 1 unspecified atom stereocenters. The van der Waals surface area contributed by atoms with Gasteiger partial charge in [0, 0.05) is 43.3 Å². The van der Waals surface area contributed by atoms with E-state index in [4.69, 9.17) is 16.2 Å². The molecule has 0 bridgehead atoms. The van der Waals surface area contributed by atoms with E-state index in [-0.39, 0.29) is 24.3 Å². The van der Waals surface area contributed by atoms with E-state index < -0.39 is 23.8 Å². The average molecular weight is 492 g/mol. The molecule has 9 nitrogen and oxygen atoms in total. The van der Waals surface area contributed by atoms with Crippen molar-refractivity contribution < 1.29 is 22.7 Å². The first-order valence-corrected chi connectivity index (χ1v) is 10.8. The van der Waals surface area contributed by atoms with E-state index in [1.165, 1.54) is 36.3 Å². The summed E-state index contributed by atoms with van der Waals surface area (Å²) in [6.07, 6.45) is 0.336. The van der Waals surface area contributed by atoms with Gasteiger partial charge in [0.2, 0.25) is 0 Å². The summed E-state index contributed by atoms with van der Waals surface area (Å²) in [5.74, 6) is -1.29. The highest BCUT2D eigenvalue weighted by molar-refractivity contribution is 5.81. The number of nitrogens with zero attached hydrogens (tertiary/aromatic N) is 5. The smallest absolute Gasteiger partial charge is 0.410 e. The van der Waals surface area contributed by atoms with Crippen LogP contribution in [0.25, 0.3) is 16.9 Å². The number of alkyl halides is 3. The summed E-state index contributed by atoms with van der Waals surface area (Å²) in [5.41, 5.74) is 12.6. The normalized spacial score (nSPS) is 12.9. The second kappa shape index (κ2) is 9.80. The minimum atomic E-state index is -4.52. The molecule has 0 aliphatic heterocycles. The zero-order valence-electron chi connectivity index (χ0n) is 19.9. The van der Waals surface area contributed by atoms with E-state index in [0.717, 1.165) is 4.90 Å². The number of hydrogen-bond acceptors (Lipinski definition) is 7. The lowest BCUT2D eigenvalue weighted by atomic mass is 9.96. The van der Waals surface area contributed by atoms with Crippen molar-refractivity contribution in [1.82, 2.24) is 24.6 Å². The number of pyridine rings is 2. The van der Waals surface area contributed by atoms with Gasteiger partial charge in [-0.25, -0.2) is 19.4 Å². The zero-order chi connectivity index (χ0) is 26.0. The summed E-state index contributed by atoms with van der Waals surface area (Å²) in [5, 5.41) is 4.22. The number of carbonyl (C=O) groups is 1. The molecule has 12 heteroatoms. The number of ether oxygens (including phenoxy) is 1. The molecule has 0 spiro atoms. The van der Waals surface area contributed by atoms with Crippen LogP contribution in [0.3, 0.4) is 0 Å². The molecule has 4 N–H and O–H groups in total. The van der Waals surface area contributed by atoms with Crippen LogP contribution in [0.5, 0.6) is 0 Å². The van der Waals surface area contributed by atoms with E-state index in [1.54, 1.807) is 39.2 Å². The zero-order valence-corrected chi connectivity index (χ0v) is 19.9. The van der Waals surface area contributed by atoms with Gasteiger partial charge >= 0.3 is 12.3 Å². The summed E-state index contributed by atoms with van der Waals surface area (Å²) >= 11 is 0. The summed E-state index contributed by atoms with van der Waals surface area (Å²) in [6.45, 7) is 4.93. The van der Waals surface area contributed by atoms with Gasteiger partial charge in [0.05, 0.1) is 17.8 Å². The number of aromatic nitrogens is 4. The molecule has 3 rings (SSSR count). The molecule has 0 aliphatic rings. The van der Waals surface area contributed by atoms with Crippen molar-refractivity contribution >= 4 is 17.6 Å². The number of amides is 1. The van der Waals surface area contributed by atoms with E-state index in [2.05, 4.69) is 15.1 Å². The van der Waals surface area contributed by atoms with Gasteiger partial charge in [-0.3, -0.25) is 0 Å². The molecule has 35 heavy (non-hydrogen) atoms. The highest BCUT2D eigenvalue weighted by Crippen LogP contribution is 2.37. The van der Waals surface area contributed by atoms with Crippen molar-refractivity contribution in [3.8, 4) is 16.9 Å². The Morgan fingerprint density at radius 3 is 2.46 bits per heavy atom. The van der Waals surface area contributed by atoms with Gasteiger partial charge in [-0.1, -0.05) is 6.07 Å². The minimum Gasteiger partial charge on any atom is -0.444 e. The Hall–Kier alpha value is -3.83. The number of hydrogen-bond donors (Lipinski definition) is 2. The predicted octanol–water partition coefficient (Wildman–Crippen LogP) is 4.40. The number of anilines is 2. The topological polar surface area (TPSA) is 125 Å². The first-order valence-electron chi connectivity index (χ1n) is 10.8. The van der Waals surface area contributed by atoms with Gasteiger partial charge in [-0.15, -0.1) is 0 Å². The van der Waals surface area contributed by atoms with Crippen LogP contribution in [0.2, 0.25) is 0 Å². The first kappa shape index (κ1) is 25.8. The highest BCUT2D eigenvalue weighted by atomic mass is 19.4. The van der Waals surface area contributed by atoms with Gasteiger partial charge in [0.25, 0.3) is 0 Å². The largest absolute Gasteiger partial charge is 0.444 e. The Morgan fingerprint density at radius 2 is 1.86 bits per heavy atom. The lowest BCUT2D eigenvalue weighted by Gasteiger charge is -2.27. The monoisotopic (exact) mass is 491 g/mol. The van der Waals surface area contributed by atoms with Crippen molar-refractivity contribution in [2.75, 3.05) is 25.1 Å². The van der Waals surface area contributed by atoms with Gasteiger partial charge < -0.3 is 21.1 Å². The third kappa shape index (κ3) is 6.40. The lowest BCUT2D eigenvalue weighted by Crippen LogP contribution is -2.36. The number of halogens is 3. The van der Waals surface area contributed by atoms with Crippen LogP contribution in [0.1, 0.15) is 38.7 Å². The van der Waals surface area contributed by atoms with Crippen molar-refractivity contribution in [2.45, 2.75) is 44.9 Å². The fourth-order valence-corrected chi connectivity index (χ4v) is 3.34. The first-order chi connectivity index (χ1) is 16.3. The van der Waals surface area contributed by atoms with E-state index in [0.29, 0.717) is 22.6 Å². The van der Waals surface area contributed by atoms with Gasteiger partial charge in [-0.05, 0) is 44.9 Å². The van der Waals surface area contributed by atoms with Crippen LogP contribution in [0.4, 0.5) is 29.5 Å². The van der Waals surface area contributed by atoms with Crippen LogP contribution in [0.15, 0.2) is 43.0 Å². The molecule has 0 radical (unpaired) electrons. The molecule has 0 saturated carbocycles. The fraction of sp³-hybridized carbons (Fsp3) is 0.391. The van der Waals surface area contributed by atoms with Crippen LogP contribution in [-0.2, 0) is 4.74 Å². The summed E-state index contributed by atoms with van der Waals surface area (Å²) in [6, 6.07) is 4.49. The molecule has 188 valence electrons. The van der Waals surface area contributed by atoms with E-state index >= 15 is 0 Å². The summed E-state index contributed by atoms with van der Waals surface area (Å²) in [7, 11) is 1.40. The Kier molecular flexibility index (Phi) is 7.22. The molecule has 1 amide bonds. The standard InChI is InChI=1S/C23H28F3N7O2/c1-22(2,3)35-21(34)32(4)10-8-17(23(24,25)26)14-5-6-18(30-11-14)33-13-15(12-31-33)16-7-9-29-20(28)19(16)27/h5-7,9,11-13,17H,8,10,27H2,1-4H3,(H2,28,29). The van der Waals surface area contributed by atoms with E-state index in [1.807, 2.05) is 0 Å². The SMILES string of the molecule is CN(CCC(c1ccc(-n2cc(-c3ccnc(N)c3N)cn2)nc1)C(F)(F)F)C(=O)OC(C)(C)C. The van der Waals surface area contributed by atoms with Crippen molar-refractivity contribution in [3.63, 3.8) is 0 Å². The van der Waals surface area contributed by atoms with Crippen LogP contribution >= 0.6 is 0 Å². The maximum absolute atomic E-state index is 13.8.